The van der Waals surface area contributed by atoms with Gasteiger partial charge in [-0.25, -0.2) is 4.99 Å². The highest BCUT2D eigenvalue weighted by Gasteiger charge is 1.69. The fraction of sp³-hybridized carbons (Fsp3) is 0.250. The van der Waals surface area contributed by atoms with Gasteiger partial charge < -0.3 is 5.73 Å². The Morgan fingerprint density at radius 2 is 2.43 bits per heavy atom. The van der Waals surface area contributed by atoms with E-state index in [1.165, 1.54) is 6.34 Å². The highest BCUT2D eigenvalue weighted by atomic mass is 79.9. The quantitative estimate of drug-likeness (QED) is 0.458. The molecule has 0 spiro atoms. The molecular weight excluding hydrogens is 156 g/mol. The van der Waals surface area contributed by atoms with Gasteiger partial charge in [0, 0.05) is 10.7 Å². The van der Waals surface area contributed by atoms with Crippen molar-refractivity contribution in [2.24, 2.45) is 10.7 Å². The smallest absolute Gasteiger partial charge is 0.0853 e. The molecule has 0 aliphatic carbocycles. The summed E-state index contributed by atoms with van der Waals surface area (Å²) in [5.41, 5.74) is 4.92. The zero-order valence-corrected chi connectivity index (χ0v) is 5.64. The third-order valence-corrected chi connectivity index (χ3v) is 0.543. The molecule has 2 nitrogen and oxygen atoms in total. The van der Waals surface area contributed by atoms with Gasteiger partial charge >= 0.3 is 0 Å². The van der Waals surface area contributed by atoms with Gasteiger partial charge in [-0.2, -0.15) is 0 Å². The van der Waals surface area contributed by atoms with E-state index in [4.69, 9.17) is 5.73 Å². The molecule has 0 fully saturated rings. The molecule has 2 N–H and O–H groups in total. The van der Waals surface area contributed by atoms with Gasteiger partial charge in [0.2, 0.25) is 0 Å². The van der Waals surface area contributed by atoms with Crippen molar-refractivity contribution in [3.63, 3.8) is 0 Å². The molecule has 0 radical (unpaired) electrons. The van der Waals surface area contributed by atoms with E-state index in [0.29, 0.717) is 0 Å². The Kier molecular flexibility index (Phi) is 3.69. The number of nitrogens with zero attached hydrogens (tertiary/aromatic N) is 1. The second-order valence-corrected chi connectivity index (χ2v) is 2.26. The minimum Gasteiger partial charge on any atom is -0.390 e. The lowest BCUT2D eigenvalue weighted by Gasteiger charge is -1.75. The van der Waals surface area contributed by atoms with E-state index in [-0.39, 0.29) is 0 Å². The van der Waals surface area contributed by atoms with Crippen LogP contribution < -0.4 is 5.73 Å². The largest absolute Gasteiger partial charge is 0.390 e. The molecule has 40 valence electrons. The van der Waals surface area contributed by atoms with Gasteiger partial charge in [-0.05, 0) is 6.92 Å². The molecule has 0 amide bonds. The predicted molar refractivity (Wildman–Crippen MR) is 35.4 cm³/mol. The molecule has 0 saturated heterocycles. The number of rotatable bonds is 1. The van der Waals surface area contributed by atoms with Crippen LogP contribution in [0.5, 0.6) is 0 Å². The molecule has 0 atom stereocenters. The van der Waals surface area contributed by atoms with Gasteiger partial charge in [0.15, 0.2) is 0 Å². The van der Waals surface area contributed by atoms with Crippen LogP contribution in [0.1, 0.15) is 6.92 Å². The summed E-state index contributed by atoms with van der Waals surface area (Å²) in [7, 11) is 0. The molecule has 0 bridgehead atoms. The van der Waals surface area contributed by atoms with Gasteiger partial charge in [0.25, 0.3) is 0 Å². The number of halogens is 1. The highest BCUT2D eigenvalue weighted by molar-refractivity contribution is 9.11. The molecule has 0 heterocycles. The Labute approximate surface area is 51.2 Å². The maximum absolute atomic E-state index is 4.92. The summed E-state index contributed by atoms with van der Waals surface area (Å²) in [4.78, 5) is 3.62. The molecule has 0 aromatic heterocycles. The third-order valence-electron chi connectivity index (χ3n) is 0.338. The Morgan fingerprint density at radius 3 is 2.57 bits per heavy atom. The first-order valence-electron chi connectivity index (χ1n) is 1.83. The number of aliphatic imine (C=N–C) groups is 1. The SMILES string of the molecule is C/C(Br)=C\N=CN. The van der Waals surface area contributed by atoms with E-state index < -0.39 is 0 Å². The fourth-order valence-corrected chi connectivity index (χ4v) is 0.264. The summed E-state index contributed by atoms with van der Waals surface area (Å²) in [6.07, 6.45) is 2.87. The van der Waals surface area contributed by atoms with Crippen LogP contribution in [0.15, 0.2) is 15.7 Å². The molecule has 0 aromatic rings. The van der Waals surface area contributed by atoms with Gasteiger partial charge in [-0.1, -0.05) is 15.9 Å². The van der Waals surface area contributed by atoms with Crippen molar-refractivity contribution >= 4 is 22.3 Å². The highest BCUT2D eigenvalue weighted by Crippen LogP contribution is 1.99. The van der Waals surface area contributed by atoms with Gasteiger partial charge in [-0.3, -0.25) is 0 Å². The van der Waals surface area contributed by atoms with Crippen molar-refractivity contribution in [2.75, 3.05) is 0 Å². The van der Waals surface area contributed by atoms with E-state index in [1.807, 2.05) is 6.92 Å². The van der Waals surface area contributed by atoms with Crippen molar-refractivity contribution in [3.8, 4) is 0 Å². The van der Waals surface area contributed by atoms with Crippen molar-refractivity contribution < 1.29 is 0 Å². The Morgan fingerprint density at radius 1 is 1.86 bits per heavy atom. The molecule has 0 aliphatic heterocycles. The summed E-state index contributed by atoms with van der Waals surface area (Å²) in [5, 5.41) is 0. The first kappa shape index (κ1) is 6.69. The molecule has 0 unspecified atom stereocenters. The zero-order valence-electron chi connectivity index (χ0n) is 4.06. The van der Waals surface area contributed by atoms with E-state index in [1.54, 1.807) is 6.20 Å². The minimum atomic E-state index is 0.967. The maximum Gasteiger partial charge on any atom is 0.0853 e. The van der Waals surface area contributed by atoms with Crippen LogP contribution >= 0.6 is 15.9 Å². The van der Waals surface area contributed by atoms with Crippen molar-refractivity contribution in [2.45, 2.75) is 6.92 Å². The number of hydrogen-bond acceptors (Lipinski definition) is 1. The van der Waals surface area contributed by atoms with Crippen molar-refractivity contribution in [1.82, 2.24) is 0 Å². The molecule has 0 aromatic carbocycles. The lowest BCUT2D eigenvalue weighted by molar-refractivity contribution is 1.50. The van der Waals surface area contributed by atoms with Crippen molar-refractivity contribution in [3.05, 3.63) is 10.7 Å². The van der Waals surface area contributed by atoms with E-state index in [9.17, 15) is 0 Å². The minimum absolute atomic E-state index is 0.967. The normalized spacial score (nSPS) is 13.1. The molecule has 0 saturated carbocycles. The zero-order chi connectivity index (χ0) is 5.70. The summed E-state index contributed by atoms with van der Waals surface area (Å²) < 4.78 is 0.967. The molecule has 0 aliphatic rings. The topological polar surface area (TPSA) is 38.4 Å². The Hall–Kier alpha value is -0.310. The van der Waals surface area contributed by atoms with Crippen LogP contribution in [0.25, 0.3) is 0 Å². The van der Waals surface area contributed by atoms with Crippen molar-refractivity contribution in [1.29, 1.82) is 0 Å². The molecule has 3 heteroatoms. The fourth-order valence-electron chi connectivity index (χ4n) is 0.146. The standard InChI is InChI=1S/C4H7BrN2/c1-4(5)2-7-3-6/h2-3H,1H3,(H2,6,7)/b4-2+. The summed E-state index contributed by atoms with van der Waals surface area (Å²) in [6, 6.07) is 0. The maximum atomic E-state index is 4.92. The first-order valence-corrected chi connectivity index (χ1v) is 2.62. The van der Waals surface area contributed by atoms with Crippen LogP contribution in [-0.4, -0.2) is 6.34 Å². The molecule has 7 heavy (non-hydrogen) atoms. The van der Waals surface area contributed by atoms with Crippen LogP contribution in [0.2, 0.25) is 0 Å². The van der Waals surface area contributed by atoms with Gasteiger partial charge in [0.05, 0.1) is 6.34 Å². The van der Waals surface area contributed by atoms with Crippen LogP contribution in [0.3, 0.4) is 0 Å². The Balaban J connectivity index is 3.46. The molecule has 0 rings (SSSR count). The third kappa shape index (κ3) is 5.69. The molecular formula is C4H7BrN2. The average molecular weight is 163 g/mol. The summed E-state index contributed by atoms with van der Waals surface area (Å²) in [6.45, 7) is 1.88. The van der Waals surface area contributed by atoms with Gasteiger partial charge in [0.1, 0.15) is 0 Å². The second-order valence-electron chi connectivity index (χ2n) is 1.01. The summed E-state index contributed by atoms with van der Waals surface area (Å²) >= 11 is 3.17. The number of allylic oxidation sites excluding steroid dienone is 1. The lowest BCUT2D eigenvalue weighted by Crippen LogP contribution is -1.85. The van der Waals surface area contributed by atoms with E-state index in [2.05, 4.69) is 20.9 Å². The first-order chi connectivity index (χ1) is 3.27. The predicted octanol–water partition coefficient (Wildman–Crippen LogP) is 1.23. The monoisotopic (exact) mass is 162 g/mol. The van der Waals surface area contributed by atoms with E-state index >= 15 is 0 Å². The summed E-state index contributed by atoms with van der Waals surface area (Å²) in [5.74, 6) is 0. The number of nitrogens with two attached hydrogens (primary N) is 1. The Bertz CT molecular complexity index is 91.9. The average Bonchev–Trinajstić information content (AvgIpc) is 1.61. The van der Waals surface area contributed by atoms with Crippen LogP contribution in [0.4, 0.5) is 0 Å². The number of hydrogen-bond donors (Lipinski definition) is 1. The second kappa shape index (κ2) is 3.87. The lowest BCUT2D eigenvalue weighted by atomic mass is 10.7. The van der Waals surface area contributed by atoms with Crippen LogP contribution in [0, 0.1) is 0 Å². The van der Waals surface area contributed by atoms with Crippen LogP contribution in [-0.2, 0) is 0 Å². The van der Waals surface area contributed by atoms with Gasteiger partial charge in [-0.15, -0.1) is 0 Å². The van der Waals surface area contributed by atoms with E-state index in [0.717, 1.165) is 4.48 Å².